The summed E-state index contributed by atoms with van der Waals surface area (Å²) in [6.45, 7) is 1.92. The minimum absolute atomic E-state index is 0.608. The monoisotopic (exact) mass is 258 g/mol. The van der Waals surface area contributed by atoms with E-state index in [1.807, 2.05) is 44.3 Å². The predicted molar refractivity (Wildman–Crippen MR) is 71.5 cm³/mol. The molecular formula is C13H11ClN4. The van der Waals surface area contributed by atoms with Crippen LogP contribution in [0.25, 0.3) is 22.3 Å². The smallest absolute Gasteiger partial charge is 0.181 e. The molecule has 2 heterocycles. The third kappa shape index (κ3) is 1.57. The van der Waals surface area contributed by atoms with Crippen LogP contribution in [-0.2, 0) is 7.05 Å². The minimum Gasteiger partial charge on any atom is -0.249 e. The number of aryl methyl sites for hydroxylation is 2. The molecule has 0 aliphatic carbocycles. The number of halogens is 1. The fourth-order valence-corrected chi connectivity index (χ4v) is 2.43. The van der Waals surface area contributed by atoms with Crippen molar-refractivity contribution in [1.29, 1.82) is 0 Å². The molecule has 0 radical (unpaired) electrons. The van der Waals surface area contributed by atoms with Gasteiger partial charge >= 0.3 is 0 Å². The van der Waals surface area contributed by atoms with Gasteiger partial charge in [0.2, 0.25) is 0 Å². The molecule has 0 saturated heterocycles. The second-order valence-corrected chi connectivity index (χ2v) is 4.51. The quantitative estimate of drug-likeness (QED) is 0.674. The molecule has 18 heavy (non-hydrogen) atoms. The lowest BCUT2D eigenvalue weighted by Crippen LogP contribution is -1.95. The third-order valence-electron chi connectivity index (χ3n) is 2.91. The second kappa shape index (κ2) is 4.07. The Morgan fingerprint density at radius 1 is 1.11 bits per heavy atom. The van der Waals surface area contributed by atoms with Crippen LogP contribution in [0, 0.1) is 6.92 Å². The molecule has 0 aliphatic heterocycles. The van der Waals surface area contributed by atoms with Gasteiger partial charge in [0.15, 0.2) is 5.65 Å². The molecule has 2 aromatic heterocycles. The molecule has 0 bridgehead atoms. The van der Waals surface area contributed by atoms with Gasteiger partial charge in [0.05, 0.1) is 16.1 Å². The Labute approximate surface area is 109 Å². The number of aromatic nitrogens is 4. The number of hydrogen-bond acceptors (Lipinski definition) is 3. The average molecular weight is 259 g/mol. The third-order valence-corrected chi connectivity index (χ3v) is 3.28. The molecule has 0 atom stereocenters. The van der Waals surface area contributed by atoms with Crippen LogP contribution in [0.15, 0.2) is 30.3 Å². The van der Waals surface area contributed by atoms with E-state index in [1.165, 1.54) is 0 Å². The molecule has 5 heteroatoms. The zero-order chi connectivity index (χ0) is 12.7. The van der Waals surface area contributed by atoms with Gasteiger partial charge in [-0.15, -0.1) is 10.2 Å². The summed E-state index contributed by atoms with van der Waals surface area (Å²) in [7, 11) is 1.84. The van der Waals surface area contributed by atoms with Crippen LogP contribution in [0.4, 0.5) is 0 Å². The lowest BCUT2D eigenvalue weighted by atomic mass is 10.1. The summed E-state index contributed by atoms with van der Waals surface area (Å²) in [5, 5.41) is 14.2. The number of benzene rings is 1. The molecule has 0 N–H and O–H groups in total. The van der Waals surface area contributed by atoms with Crippen molar-refractivity contribution in [1.82, 2.24) is 20.0 Å². The van der Waals surface area contributed by atoms with E-state index < -0.39 is 0 Å². The van der Waals surface area contributed by atoms with Gasteiger partial charge in [-0.1, -0.05) is 41.9 Å². The molecular weight excluding hydrogens is 248 g/mol. The predicted octanol–water partition coefficient (Wildman–Crippen LogP) is 2.99. The summed E-state index contributed by atoms with van der Waals surface area (Å²) in [4.78, 5) is 0. The summed E-state index contributed by atoms with van der Waals surface area (Å²) in [5.41, 5.74) is 3.22. The molecule has 4 nitrogen and oxygen atoms in total. The molecule has 3 aromatic rings. The van der Waals surface area contributed by atoms with Crippen molar-refractivity contribution in [3.05, 3.63) is 41.0 Å². The van der Waals surface area contributed by atoms with Crippen molar-refractivity contribution in [2.24, 2.45) is 7.05 Å². The first-order chi connectivity index (χ1) is 8.68. The largest absolute Gasteiger partial charge is 0.249 e. The zero-order valence-corrected chi connectivity index (χ0v) is 10.8. The first-order valence-corrected chi connectivity index (χ1v) is 5.97. The van der Waals surface area contributed by atoms with Crippen LogP contribution in [0.2, 0.25) is 5.02 Å². The van der Waals surface area contributed by atoms with Crippen molar-refractivity contribution in [2.45, 2.75) is 6.92 Å². The Morgan fingerprint density at radius 3 is 2.56 bits per heavy atom. The lowest BCUT2D eigenvalue weighted by molar-refractivity contribution is 0.766. The van der Waals surface area contributed by atoms with Crippen molar-refractivity contribution >= 4 is 22.6 Å². The van der Waals surface area contributed by atoms with Gasteiger partial charge in [0.1, 0.15) is 5.69 Å². The fourth-order valence-electron chi connectivity index (χ4n) is 2.06. The van der Waals surface area contributed by atoms with E-state index in [2.05, 4.69) is 15.3 Å². The number of rotatable bonds is 1. The van der Waals surface area contributed by atoms with E-state index in [4.69, 9.17) is 11.6 Å². The van der Waals surface area contributed by atoms with Crippen LogP contribution < -0.4 is 0 Å². The van der Waals surface area contributed by atoms with Crippen LogP contribution in [0.1, 0.15) is 5.69 Å². The van der Waals surface area contributed by atoms with Gasteiger partial charge in [-0.05, 0) is 6.92 Å². The molecule has 1 aromatic carbocycles. The molecule has 0 saturated carbocycles. The number of nitrogens with zero attached hydrogens (tertiary/aromatic N) is 4. The molecule has 0 fully saturated rings. The Kier molecular flexibility index (Phi) is 2.52. The van der Waals surface area contributed by atoms with Crippen molar-refractivity contribution < 1.29 is 0 Å². The van der Waals surface area contributed by atoms with Gasteiger partial charge in [-0.3, -0.25) is 0 Å². The maximum absolute atomic E-state index is 6.44. The molecule has 3 rings (SSSR count). The highest BCUT2D eigenvalue weighted by molar-refractivity contribution is 6.37. The number of hydrogen-bond donors (Lipinski definition) is 0. The van der Waals surface area contributed by atoms with Gasteiger partial charge in [0.25, 0.3) is 0 Å². The molecule has 90 valence electrons. The zero-order valence-electron chi connectivity index (χ0n) is 10.1. The van der Waals surface area contributed by atoms with Gasteiger partial charge < -0.3 is 0 Å². The Morgan fingerprint density at radius 2 is 1.83 bits per heavy atom. The second-order valence-electron chi connectivity index (χ2n) is 4.14. The van der Waals surface area contributed by atoms with Crippen LogP contribution in [0.3, 0.4) is 0 Å². The van der Waals surface area contributed by atoms with Crippen molar-refractivity contribution in [2.75, 3.05) is 0 Å². The van der Waals surface area contributed by atoms with Gasteiger partial charge in [0, 0.05) is 12.6 Å². The number of fused-ring (bicyclic) bond motifs is 1. The first-order valence-electron chi connectivity index (χ1n) is 5.59. The molecule has 0 amide bonds. The molecule has 0 unspecified atom stereocenters. The highest BCUT2D eigenvalue weighted by atomic mass is 35.5. The Balaban J connectivity index is 2.33. The van der Waals surface area contributed by atoms with Crippen LogP contribution >= 0.6 is 11.6 Å². The summed E-state index contributed by atoms with van der Waals surface area (Å²) in [6, 6.07) is 9.79. The van der Waals surface area contributed by atoms with E-state index in [9.17, 15) is 0 Å². The average Bonchev–Trinajstić information content (AvgIpc) is 2.67. The van der Waals surface area contributed by atoms with Crippen molar-refractivity contribution in [3.8, 4) is 11.3 Å². The topological polar surface area (TPSA) is 43.6 Å². The Hall–Kier alpha value is -1.94. The van der Waals surface area contributed by atoms with Crippen molar-refractivity contribution in [3.63, 3.8) is 0 Å². The Bertz CT molecular complexity index is 719. The summed E-state index contributed by atoms with van der Waals surface area (Å²) >= 11 is 6.44. The first kappa shape index (κ1) is 11.2. The minimum atomic E-state index is 0.608. The van der Waals surface area contributed by atoms with E-state index >= 15 is 0 Å². The van der Waals surface area contributed by atoms with Crippen LogP contribution in [-0.4, -0.2) is 20.0 Å². The van der Waals surface area contributed by atoms with E-state index in [1.54, 1.807) is 4.68 Å². The highest BCUT2D eigenvalue weighted by Crippen LogP contribution is 2.32. The van der Waals surface area contributed by atoms with E-state index in [0.717, 1.165) is 16.6 Å². The van der Waals surface area contributed by atoms with Crippen LogP contribution in [0.5, 0.6) is 0 Å². The fraction of sp³-hybridized carbons (Fsp3) is 0.154. The van der Waals surface area contributed by atoms with E-state index in [-0.39, 0.29) is 0 Å². The molecule has 0 spiro atoms. The summed E-state index contributed by atoms with van der Waals surface area (Å²) < 4.78 is 1.69. The maximum atomic E-state index is 6.44. The highest BCUT2D eigenvalue weighted by Gasteiger charge is 2.15. The maximum Gasteiger partial charge on any atom is 0.181 e. The lowest BCUT2D eigenvalue weighted by Gasteiger charge is -2.03. The summed E-state index contributed by atoms with van der Waals surface area (Å²) in [6.07, 6.45) is 0. The summed E-state index contributed by atoms with van der Waals surface area (Å²) in [5.74, 6) is 0. The molecule has 0 aliphatic rings. The van der Waals surface area contributed by atoms with E-state index in [0.29, 0.717) is 16.4 Å². The van der Waals surface area contributed by atoms with Gasteiger partial charge in [-0.2, -0.15) is 5.10 Å². The standard InChI is InChI=1S/C13H11ClN4/c1-8-10-11(14)12(9-6-4-3-5-7-9)15-16-13(10)18(2)17-8/h3-7H,1-2H3. The SMILES string of the molecule is Cc1nn(C)c2nnc(-c3ccccc3)c(Cl)c12. The van der Waals surface area contributed by atoms with Gasteiger partial charge in [-0.25, -0.2) is 4.68 Å². The normalized spacial score (nSPS) is 11.1.